The van der Waals surface area contributed by atoms with E-state index >= 15 is 0 Å². The van der Waals surface area contributed by atoms with Crippen molar-refractivity contribution < 1.29 is 14.4 Å². The van der Waals surface area contributed by atoms with Crippen LogP contribution in [0.5, 0.6) is 5.75 Å². The van der Waals surface area contributed by atoms with Crippen LogP contribution in [0.15, 0.2) is 59.1 Å². The second-order valence-corrected chi connectivity index (χ2v) is 8.43. The SMILES string of the molecule is Cc1cc(CN(C)Cc2ccccc2OCC(O)CN2CCc3ccccc3C2)on1. The van der Waals surface area contributed by atoms with Gasteiger partial charge in [0.2, 0.25) is 0 Å². The van der Waals surface area contributed by atoms with Crippen molar-refractivity contribution in [3.8, 4) is 5.75 Å². The number of hydrogen-bond acceptors (Lipinski definition) is 6. The zero-order chi connectivity index (χ0) is 21.6. The van der Waals surface area contributed by atoms with Gasteiger partial charge in [0.05, 0.1) is 12.2 Å². The highest BCUT2D eigenvalue weighted by molar-refractivity contribution is 5.33. The lowest BCUT2D eigenvalue weighted by Gasteiger charge is -2.30. The standard InChI is InChI=1S/C25H31N3O3/c1-19-13-24(31-26-19)17-27(2)14-22-9-5-6-10-25(22)30-18-23(29)16-28-12-11-20-7-3-4-8-21(20)15-28/h3-10,13,23,29H,11-12,14-18H2,1-2H3. The Morgan fingerprint density at radius 1 is 1.13 bits per heavy atom. The molecule has 1 unspecified atom stereocenters. The molecular formula is C25H31N3O3. The summed E-state index contributed by atoms with van der Waals surface area (Å²) in [5.41, 5.74) is 4.75. The van der Waals surface area contributed by atoms with Crippen LogP contribution < -0.4 is 4.74 Å². The van der Waals surface area contributed by atoms with Crippen LogP contribution in [0.3, 0.4) is 0 Å². The minimum atomic E-state index is -0.534. The lowest BCUT2D eigenvalue weighted by Crippen LogP contribution is -2.38. The zero-order valence-corrected chi connectivity index (χ0v) is 18.3. The first-order valence-electron chi connectivity index (χ1n) is 10.9. The Hall–Kier alpha value is -2.67. The fourth-order valence-corrected chi connectivity index (χ4v) is 4.13. The lowest BCUT2D eigenvalue weighted by molar-refractivity contribution is 0.0632. The molecule has 0 bridgehead atoms. The van der Waals surface area contributed by atoms with E-state index in [2.05, 4.69) is 45.3 Å². The maximum absolute atomic E-state index is 10.6. The molecule has 1 aromatic heterocycles. The van der Waals surface area contributed by atoms with Crippen LogP contribution in [0.4, 0.5) is 0 Å². The van der Waals surface area contributed by atoms with Gasteiger partial charge in [-0.25, -0.2) is 0 Å². The van der Waals surface area contributed by atoms with Gasteiger partial charge in [0, 0.05) is 37.8 Å². The van der Waals surface area contributed by atoms with Crippen molar-refractivity contribution in [1.82, 2.24) is 15.0 Å². The number of nitrogens with zero attached hydrogens (tertiary/aromatic N) is 3. The number of β-amino-alcohol motifs (C(OH)–C–C–N with tert-alkyl or cyclic N) is 1. The van der Waals surface area contributed by atoms with Crippen molar-refractivity contribution in [2.75, 3.05) is 26.7 Å². The topological polar surface area (TPSA) is 62.0 Å². The highest BCUT2D eigenvalue weighted by atomic mass is 16.5. The third-order valence-corrected chi connectivity index (χ3v) is 5.63. The Labute approximate surface area is 184 Å². The van der Waals surface area contributed by atoms with Gasteiger partial charge in [0.1, 0.15) is 18.5 Å². The molecule has 164 valence electrons. The van der Waals surface area contributed by atoms with Gasteiger partial charge in [-0.15, -0.1) is 0 Å². The first-order chi connectivity index (χ1) is 15.1. The molecule has 0 fully saturated rings. The lowest BCUT2D eigenvalue weighted by atomic mass is 10.00. The molecule has 31 heavy (non-hydrogen) atoms. The number of aromatic nitrogens is 1. The summed E-state index contributed by atoms with van der Waals surface area (Å²) in [5.74, 6) is 1.66. The van der Waals surface area contributed by atoms with Gasteiger partial charge in [-0.3, -0.25) is 9.80 Å². The van der Waals surface area contributed by atoms with Crippen molar-refractivity contribution in [3.63, 3.8) is 0 Å². The maximum Gasteiger partial charge on any atom is 0.150 e. The number of ether oxygens (including phenoxy) is 1. The van der Waals surface area contributed by atoms with Crippen molar-refractivity contribution in [2.24, 2.45) is 0 Å². The van der Waals surface area contributed by atoms with E-state index in [1.54, 1.807) is 0 Å². The van der Waals surface area contributed by atoms with Crippen molar-refractivity contribution >= 4 is 0 Å². The van der Waals surface area contributed by atoms with E-state index < -0.39 is 6.10 Å². The minimum Gasteiger partial charge on any atom is -0.491 e. The van der Waals surface area contributed by atoms with Crippen molar-refractivity contribution in [3.05, 3.63) is 82.7 Å². The number of aryl methyl sites for hydroxylation is 1. The van der Waals surface area contributed by atoms with E-state index in [0.717, 1.165) is 48.8 Å². The fourth-order valence-electron chi connectivity index (χ4n) is 4.13. The van der Waals surface area contributed by atoms with E-state index in [4.69, 9.17) is 9.26 Å². The normalized spacial score (nSPS) is 15.1. The maximum atomic E-state index is 10.6. The largest absolute Gasteiger partial charge is 0.491 e. The van der Waals surface area contributed by atoms with E-state index in [1.165, 1.54) is 11.1 Å². The molecule has 4 rings (SSSR count). The molecule has 0 radical (unpaired) electrons. The van der Waals surface area contributed by atoms with Crippen LogP contribution in [0.2, 0.25) is 0 Å². The highest BCUT2D eigenvalue weighted by Gasteiger charge is 2.19. The van der Waals surface area contributed by atoms with Gasteiger partial charge in [-0.2, -0.15) is 0 Å². The zero-order valence-electron chi connectivity index (χ0n) is 18.3. The highest BCUT2D eigenvalue weighted by Crippen LogP contribution is 2.22. The summed E-state index contributed by atoms with van der Waals surface area (Å²) in [5, 5.41) is 14.5. The van der Waals surface area contributed by atoms with Crippen molar-refractivity contribution in [1.29, 1.82) is 0 Å². The van der Waals surface area contributed by atoms with Crippen LogP contribution >= 0.6 is 0 Å². The van der Waals surface area contributed by atoms with E-state index in [9.17, 15) is 5.11 Å². The summed E-state index contributed by atoms with van der Waals surface area (Å²) in [6.45, 7) is 6.06. The number of aliphatic hydroxyl groups excluding tert-OH is 1. The molecule has 0 spiro atoms. The molecule has 6 heteroatoms. The van der Waals surface area contributed by atoms with Gasteiger partial charge < -0.3 is 14.4 Å². The fraction of sp³-hybridized carbons (Fsp3) is 0.400. The molecule has 1 aliphatic heterocycles. The summed E-state index contributed by atoms with van der Waals surface area (Å²) >= 11 is 0. The average Bonchev–Trinajstić information content (AvgIpc) is 3.17. The smallest absolute Gasteiger partial charge is 0.150 e. The van der Waals surface area contributed by atoms with Gasteiger partial charge >= 0.3 is 0 Å². The Balaban J connectivity index is 1.28. The molecule has 0 saturated carbocycles. The van der Waals surface area contributed by atoms with E-state index in [1.807, 2.05) is 38.2 Å². The third kappa shape index (κ3) is 5.94. The van der Waals surface area contributed by atoms with E-state index in [-0.39, 0.29) is 6.61 Å². The molecular weight excluding hydrogens is 390 g/mol. The first kappa shape index (κ1) is 21.6. The van der Waals surface area contributed by atoms with Gasteiger partial charge in [-0.05, 0) is 37.6 Å². The molecule has 0 amide bonds. The van der Waals surface area contributed by atoms with Gasteiger partial charge in [0.25, 0.3) is 0 Å². The molecule has 1 N–H and O–H groups in total. The minimum absolute atomic E-state index is 0.278. The number of para-hydroxylation sites is 1. The average molecular weight is 422 g/mol. The molecule has 1 aliphatic rings. The summed E-state index contributed by atoms with van der Waals surface area (Å²) in [7, 11) is 2.04. The van der Waals surface area contributed by atoms with Gasteiger partial charge in [0.15, 0.2) is 5.76 Å². The first-order valence-corrected chi connectivity index (χ1v) is 10.9. The second kappa shape index (κ2) is 10.1. The Bertz CT molecular complexity index is 987. The monoisotopic (exact) mass is 421 g/mol. The van der Waals surface area contributed by atoms with E-state index in [0.29, 0.717) is 13.1 Å². The van der Waals surface area contributed by atoms with Crippen LogP contribution in [0, 0.1) is 6.92 Å². The number of fused-ring (bicyclic) bond motifs is 1. The Morgan fingerprint density at radius 2 is 1.90 bits per heavy atom. The van der Waals surface area contributed by atoms with Gasteiger partial charge in [-0.1, -0.05) is 47.6 Å². The third-order valence-electron chi connectivity index (χ3n) is 5.63. The summed E-state index contributed by atoms with van der Waals surface area (Å²) in [4.78, 5) is 4.46. The summed E-state index contributed by atoms with van der Waals surface area (Å²) in [6, 6.07) is 18.5. The van der Waals surface area contributed by atoms with Crippen LogP contribution in [-0.2, 0) is 26.1 Å². The number of aliphatic hydroxyl groups is 1. The predicted octanol–water partition coefficient (Wildman–Crippen LogP) is 3.41. The van der Waals surface area contributed by atoms with Crippen LogP contribution in [-0.4, -0.2) is 52.9 Å². The molecule has 2 aromatic carbocycles. The summed E-state index contributed by atoms with van der Waals surface area (Å²) in [6.07, 6.45) is 0.497. The van der Waals surface area contributed by atoms with Crippen molar-refractivity contribution in [2.45, 2.75) is 39.1 Å². The molecule has 0 aliphatic carbocycles. The quantitative estimate of drug-likeness (QED) is 0.571. The Morgan fingerprint density at radius 3 is 2.71 bits per heavy atom. The molecule has 0 saturated heterocycles. The van der Waals surface area contributed by atoms with Crippen LogP contribution in [0.1, 0.15) is 28.1 Å². The number of benzene rings is 2. The molecule has 3 aromatic rings. The molecule has 6 nitrogen and oxygen atoms in total. The second-order valence-electron chi connectivity index (χ2n) is 8.43. The Kier molecular flexibility index (Phi) is 7.02. The number of hydrogen-bond donors (Lipinski definition) is 1. The predicted molar refractivity (Wildman–Crippen MR) is 120 cm³/mol. The molecule has 1 atom stereocenters. The molecule has 2 heterocycles. The number of rotatable bonds is 9. The summed E-state index contributed by atoms with van der Waals surface area (Å²) < 4.78 is 11.3. The van der Waals surface area contributed by atoms with Crippen LogP contribution in [0.25, 0.3) is 0 Å².